The molecule has 0 radical (unpaired) electrons. The van der Waals surface area contributed by atoms with Gasteiger partial charge in [0.05, 0.1) is 0 Å². The lowest BCUT2D eigenvalue weighted by Crippen LogP contribution is -2.16. The van der Waals surface area contributed by atoms with Crippen LogP contribution in [0.4, 0.5) is 0 Å². The molecule has 0 saturated heterocycles. The minimum atomic E-state index is 0.000512. The van der Waals surface area contributed by atoms with Gasteiger partial charge in [0.1, 0.15) is 5.76 Å². The Morgan fingerprint density at radius 3 is 2.56 bits per heavy atom. The van der Waals surface area contributed by atoms with Crippen LogP contribution >= 0.6 is 0 Å². The lowest BCUT2D eigenvalue weighted by molar-refractivity contribution is 0.373. The number of hydrogen-bond acceptors (Lipinski definition) is 2. The van der Waals surface area contributed by atoms with E-state index in [1.165, 1.54) is 5.39 Å². The highest BCUT2D eigenvalue weighted by Gasteiger charge is 2.17. The van der Waals surface area contributed by atoms with E-state index in [0.29, 0.717) is 0 Å². The third kappa shape index (κ3) is 2.63. The smallest absolute Gasteiger partial charge is 0.222 e. The van der Waals surface area contributed by atoms with Crippen molar-refractivity contribution in [3.63, 3.8) is 0 Å². The number of hydrogen-bond donors (Lipinski definition) is 0. The zero-order valence-electron chi connectivity index (χ0n) is 11.7. The summed E-state index contributed by atoms with van der Waals surface area (Å²) in [5.74, 6) is 0.982. The summed E-state index contributed by atoms with van der Waals surface area (Å²) in [5.41, 5.74) is 0.764. The van der Waals surface area contributed by atoms with Gasteiger partial charge in [-0.25, -0.2) is 0 Å². The maximum Gasteiger partial charge on any atom is 0.222 e. The summed E-state index contributed by atoms with van der Waals surface area (Å²) in [4.78, 5) is 4.56. The van der Waals surface area contributed by atoms with E-state index >= 15 is 0 Å². The predicted octanol–water partition coefficient (Wildman–Crippen LogP) is 4.04. The van der Waals surface area contributed by atoms with Crippen LogP contribution < -0.4 is 5.55 Å². The Bertz CT molecular complexity index is 602. The Hall–Kier alpha value is -1.57. The SMILES string of the molecule is CCCN=c1oc(C(C)(C)C)cc2ccccc12. The van der Waals surface area contributed by atoms with Gasteiger partial charge < -0.3 is 4.42 Å². The summed E-state index contributed by atoms with van der Waals surface area (Å²) in [5, 5.41) is 2.29. The van der Waals surface area contributed by atoms with Gasteiger partial charge in [0.2, 0.25) is 5.55 Å². The van der Waals surface area contributed by atoms with Crippen LogP contribution in [0.1, 0.15) is 39.9 Å². The molecule has 0 amide bonds. The normalized spacial score (nSPS) is 13.2. The van der Waals surface area contributed by atoms with E-state index < -0.39 is 0 Å². The molecular weight excluding hydrogens is 222 g/mol. The van der Waals surface area contributed by atoms with E-state index in [1.54, 1.807) is 0 Å². The molecule has 1 aromatic carbocycles. The highest BCUT2D eigenvalue weighted by atomic mass is 16.3. The Morgan fingerprint density at radius 2 is 1.89 bits per heavy atom. The fraction of sp³-hybridized carbons (Fsp3) is 0.438. The summed E-state index contributed by atoms with van der Waals surface area (Å²) in [6.07, 6.45) is 1.03. The first-order chi connectivity index (χ1) is 8.52. The molecule has 0 bridgehead atoms. The van der Waals surface area contributed by atoms with Gasteiger partial charge >= 0.3 is 0 Å². The lowest BCUT2D eigenvalue weighted by Gasteiger charge is -2.17. The molecule has 0 unspecified atom stereocenters. The van der Waals surface area contributed by atoms with Crippen LogP contribution in [0.15, 0.2) is 39.7 Å². The Labute approximate surface area is 108 Å². The van der Waals surface area contributed by atoms with E-state index in [0.717, 1.165) is 29.7 Å². The van der Waals surface area contributed by atoms with Crippen molar-refractivity contribution < 1.29 is 4.42 Å². The summed E-state index contributed by atoms with van der Waals surface area (Å²) >= 11 is 0. The number of benzene rings is 1. The van der Waals surface area contributed by atoms with E-state index in [4.69, 9.17) is 4.42 Å². The van der Waals surface area contributed by atoms with E-state index in [2.05, 4.69) is 57.0 Å². The van der Waals surface area contributed by atoms with Crippen molar-refractivity contribution in [2.45, 2.75) is 39.5 Å². The van der Waals surface area contributed by atoms with Crippen LogP contribution in [0.2, 0.25) is 0 Å². The van der Waals surface area contributed by atoms with Crippen LogP contribution in [-0.2, 0) is 5.41 Å². The van der Waals surface area contributed by atoms with Crippen molar-refractivity contribution in [2.24, 2.45) is 4.99 Å². The average Bonchev–Trinajstić information content (AvgIpc) is 2.34. The van der Waals surface area contributed by atoms with Crippen LogP contribution in [-0.4, -0.2) is 6.54 Å². The van der Waals surface area contributed by atoms with Crippen molar-refractivity contribution in [3.8, 4) is 0 Å². The van der Waals surface area contributed by atoms with Gasteiger partial charge in [0.25, 0.3) is 0 Å². The molecule has 0 N–H and O–H groups in total. The first-order valence-electron chi connectivity index (χ1n) is 6.56. The van der Waals surface area contributed by atoms with Crippen LogP contribution in [0.5, 0.6) is 0 Å². The van der Waals surface area contributed by atoms with E-state index in [9.17, 15) is 0 Å². The van der Waals surface area contributed by atoms with Gasteiger partial charge in [-0.1, -0.05) is 45.9 Å². The minimum Gasteiger partial charge on any atom is -0.443 e. The molecule has 0 atom stereocenters. The predicted molar refractivity (Wildman–Crippen MR) is 75.6 cm³/mol. The van der Waals surface area contributed by atoms with Gasteiger partial charge in [-0.2, -0.15) is 0 Å². The van der Waals surface area contributed by atoms with Crippen LogP contribution in [0, 0.1) is 0 Å². The van der Waals surface area contributed by atoms with Crippen LogP contribution in [0.25, 0.3) is 10.8 Å². The quantitative estimate of drug-likeness (QED) is 0.781. The number of fused-ring (bicyclic) bond motifs is 1. The van der Waals surface area contributed by atoms with Gasteiger partial charge in [-0.05, 0) is 23.9 Å². The summed E-state index contributed by atoms with van der Waals surface area (Å²) in [7, 11) is 0. The second kappa shape index (κ2) is 4.97. The van der Waals surface area contributed by atoms with Gasteiger partial charge in [0.15, 0.2) is 0 Å². The van der Waals surface area contributed by atoms with Crippen molar-refractivity contribution in [1.82, 2.24) is 0 Å². The second-order valence-corrected chi connectivity index (χ2v) is 5.63. The number of rotatable bonds is 2. The first kappa shape index (κ1) is 12.9. The molecule has 2 nitrogen and oxygen atoms in total. The average molecular weight is 243 g/mol. The van der Waals surface area contributed by atoms with Gasteiger partial charge in [-0.15, -0.1) is 0 Å². The second-order valence-electron chi connectivity index (χ2n) is 5.63. The van der Waals surface area contributed by atoms with Crippen LogP contribution in [0.3, 0.4) is 0 Å². The van der Waals surface area contributed by atoms with Crippen molar-refractivity contribution >= 4 is 10.8 Å². The Kier molecular flexibility index (Phi) is 3.55. The highest BCUT2D eigenvalue weighted by Crippen LogP contribution is 2.23. The molecule has 2 heteroatoms. The topological polar surface area (TPSA) is 25.5 Å². The summed E-state index contributed by atoms with van der Waals surface area (Å²) in [6.45, 7) is 9.40. The van der Waals surface area contributed by atoms with Gasteiger partial charge in [0, 0.05) is 17.3 Å². The lowest BCUT2D eigenvalue weighted by atomic mass is 9.92. The Balaban J connectivity index is 2.73. The zero-order chi connectivity index (χ0) is 13.2. The zero-order valence-corrected chi connectivity index (χ0v) is 11.7. The minimum absolute atomic E-state index is 0.000512. The van der Waals surface area contributed by atoms with Crippen molar-refractivity contribution in [2.75, 3.05) is 6.54 Å². The van der Waals surface area contributed by atoms with Crippen molar-refractivity contribution in [3.05, 3.63) is 41.6 Å². The molecule has 1 aromatic heterocycles. The molecule has 96 valence electrons. The van der Waals surface area contributed by atoms with Crippen molar-refractivity contribution in [1.29, 1.82) is 0 Å². The van der Waals surface area contributed by atoms with E-state index in [1.807, 2.05) is 6.07 Å². The first-order valence-corrected chi connectivity index (χ1v) is 6.56. The molecule has 0 aliphatic heterocycles. The maximum absolute atomic E-state index is 5.99. The summed E-state index contributed by atoms with van der Waals surface area (Å²) in [6, 6.07) is 10.4. The fourth-order valence-corrected chi connectivity index (χ4v) is 1.85. The molecule has 0 aliphatic rings. The molecule has 0 fully saturated rings. The Morgan fingerprint density at radius 1 is 1.17 bits per heavy atom. The highest BCUT2D eigenvalue weighted by molar-refractivity contribution is 5.81. The van der Waals surface area contributed by atoms with E-state index in [-0.39, 0.29) is 5.41 Å². The molecular formula is C16H21NO. The number of nitrogens with zero attached hydrogens (tertiary/aromatic N) is 1. The standard InChI is InChI=1S/C16H21NO/c1-5-10-17-15-13-9-7-6-8-12(13)11-14(18-15)16(2,3)4/h6-9,11H,5,10H2,1-4H3. The molecule has 2 aromatic rings. The third-order valence-corrected chi connectivity index (χ3v) is 2.90. The molecule has 2 rings (SSSR count). The van der Waals surface area contributed by atoms with Gasteiger partial charge in [-0.3, -0.25) is 4.99 Å². The summed E-state index contributed by atoms with van der Waals surface area (Å²) < 4.78 is 5.99. The maximum atomic E-state index is 5.99. The third-order valence-electron chi connectivity index (χ3n) is 2.90. The molecule has 0 saturated carbocycles. The molecule has 1 heterocycles. The fourth-order valence-electron chi connectivity index (χ4n) is 1.85. The largest absolute Gasteiger partial charge is 0.443 e. The monoisotopic (exact) mass is 243 g/mol. The molecule has 0 aliphatic carbocycles. The molecule has 18 heavy (non-hydrogen) atoms. The molecule has 0 spiro atoms.